The Labute approximate surface area is 115 Å². The van der Waals surface area contributed by atoms with Gasteiger partial charge in [0.25, 0.3) is 0 Å². The van der Waals surface area contributed by atoms with Gasteiger partial charge in [-0.05, 0) is 57.5 Å². The van der Waals surface area contributed by atoms with Crippen molar-refractivity contribution in [3.63, 3.8) is 0 Å². The third kappa shape index (κ3) is 4.26. The topological polar surface area (TPSA) is 3.24 Å². The Morgan fingerprint density at radius 1 is 1.00 bits per heavy atom. The van der Waals surface area contributed by atoms with Crippen LogP contribution in [0.3, 0.4) is 0 Å². The molecule has 18 heavy (non-hydrogen) atoms. The number of nitrogens with zero attached hydrogens (tertiary/aromatic N) is 1. The average Bonchev–Trinajstić information content (AvgIpc) is 2.07. The van der Waals surface area contributed by atoms with E-state index in [1.165, 1.54) is 44.9 Å². The molecule has 0 aliphatic heterocycles. The molecule has 2 fully saturated rings. The van der Waals surface area contributed by atoms with Crippen LogP contribution in [0.25, 0.3) is 0 Å². The van der Waals surface area contributed by atoms with E-state index in [0.29, 0.717) is 5.54 Å². The van der Waals surface area contributed by atoms with Crippen molar-refractivity contribution in [3.8, 4) is 0 Å². The van der Waals surface area contributed by atoms with Crippen LogP contribution in [0.2, 0.25) is 0 Å². The summed E-state index contributed by atoms with van der Waals surface area (Å²) >= 11 is 0. The van der Waals surface area contributed by atoms with Crippen LogP contribution in [0.15, 0.2) is 0 Å². The van der Waals surface area contributed by atoms with Crippen molar-refractivity contribution in [1.29, 1.82) is 0 Å². The largest absolute Gasteiger partial charge is 0.304 e. The van der Waals surface area contributed by atoms with Gasteiger partial charge in [0.2, 0.25) is 0 Å². The van der Waals surface area contributed by atoms with Crippen molar-refractivity contribution in [1.82, 2.24) is 4.90 Å². The second-order valence-corrected chi connectivity index (χ2v) is 7.51. The second-order valence-electron chi connectivity index (χ2n) is 7.51. The van der Waals surface area contributed by atoms with E-state index < -0.39 is 0 Å². The van der Waals surface area contributed by atoms with Gasteiger partial charge in [0.15, 0.2) is 0 Å². The van der Waals surface area contributed by atoms with Crippen LogP contribution in [-0.4, -0.2) is 24.5 Å². The lowest BCUT2D eigenvalue weighted by Crippen LogP contribution is -2.50. The zero-order valence-corrected chi connectivity index (χ0v) is 13.6. The summed E-state index contributed by atoms with van der Waals surface area (Å²) in [7, 11) is 4.45. The predicted octanol–water partition coefficient (Wildman–Crippen LogP) is 4.96. The summed E-state index contributed by atoms with van der Waals surface area (Å²) in [6.07, 6.45) is 10.1. The molecule has 1 heteroatoms. The smallest absolute Gasteiger partial charge is 0.0206 e. The Hall–Kier alpha value is -0.0400. The SMILES string of the molecule is CC(C)C1CCC1.CC(C)CC1(N(C)C)CCC1. The minimum Gasteiger partial charge on any atom is -0.304 e. The molecule has 0 unspecified atom stereocenters. The monoisotopic (exact) mass is 253 g/mol. The van der Waals surface area contributed by atoms with Crippen molar-refractivity contribution < 1.29 is 0 Å². The molecule has 0 heterocycles. The molecule has 2 aliphatic rings. The Morgan fingerprint density at radius 2 is 1.56 bits per heavy atom. The zero-order chi connectivity index (χ0) is 13.8. The summed E-state index contributed by atoms with van der Waals surface area (Å²) < 4.78 is 0. The fourth-order valence-electron chi connectivity index (χ4n) is 3.29. The second kappa shape index (κ2) is 6.93. The number of hydrogen-bond acceptors (Lipinski definition) is 1. The minimum atomic E-state index is 0.578. The Bertz CT molecular complexity index is 222. The van der Waals surface area contributed by atoms with E-state index in [-0.39, 0.29) is 0 Å². The lowest BCUT2D eigenvalue weighted by Gasteiger charge is -2.48. The summed E-state index contributed by atoms with van der Waals surface area (Å²) in [6, 6.07) is 0. The van der Waals surface area contributed by atoms with Crippen LogP contribution in [-0.2, 0) is 0 Å². The minimum absolute atomic E-state index is 0.578. The molecule has 1 nitrogen and oxygen atoms in total. The van der Waals surface area contributed by atoms with Gasteiger partial charge in [0.05, 0.1) is 0 Å². The molecule has 0 aromatic rings. The van der Waals surface area contributed by atoms with Gasteiger partial charge in [-0.25, -0.2) is 0 Å². The average molecular weight is 253 g/mol. The zero-order valence-electron chi connectivity index (χ0n) is 13.6. The molecule has 0 N–H and O–H groups in total. The molecule has 0 bridgehead atoms. The van der Waals surface area contributed by atoms with E-state index in [2.05, 4.69) is 46.7 Å². The third-order valence-corrected chi connectivity index (χ3v) is 5.11. The Balaban J connectivity index is 0.000000199. The molecule has 2 aliphatic carbocycles. The van der Waals surface area contributed by atoms with Gasteiger partial charge in [0.1, 0.15) is 0 Å². The fourth-order valence-corrected chi connectivity index (χ4v) is 3.29. The summed E-state index contributed by atoms with van der Waals surface area (Å²) in [6.45, 7) is 9.29. The van der Waals surface area contributed by atoms with Gasteiger partial charge >= 0.3 is 0 Å². The van der Waals surface area contributed by atoms with Crippen molar-refractivity contribution in [3.05, 3.63) is 0 Å². The standard InChI is InChI=1S/C10H21N.C7H14/c1-9(2)8-10(11(3)4)6-5-7-10;1-6(2)7-4-3-5-7/h9H,5-8H2,1-4H3;6-7H,3-5H2,1-2H3. The summed E-state index contributed by atoms with van der Waals surface area (Å²) in [4.78, 5) is 2.43. The summed E-state index contributed by atoms with van der Waals surface area (Å²) in [5, 5.41) is 0. The lowest BCUT2D eigenvalue weighted by atomic mass is 9.71. The highest BCUT2D eigenvalue weighted by molar-refractivity contribution is 4.96. The third-order valence-electron chi connectivity index (χ3n) is 5.11. The van der Waals surface area contributed by atoms with Crippen molar-refractivity contribution in [2.75, 3.05) is 14.1 Å². The normalized spacial score (nSPS) is 22.5. The molecule has 0 aromatic heterocycles. The van der Waals surface area contributed by atoms with E-state index in [1.807, 2.05) is 0 Å². The molecular weight excluding hydrogens is 218 g/mol. The van der Waals surface area contributed by atoms with Crippen molar-refractivity contribution in [2.24, 2.45) is 17.8 Å². The molecule has 2 rings (SSSR count). The first kappa shape index (κ1) is 16.0. The predicted molar refractivity (Wildman–Crippen MR) is 81.9 cm³/mol. The Kier molecular flexibility index (Phi) is 6.17. The summed E-state index contributed by atoms with van der Waals surface area (Å²) in [5.74, 6) is 2.88. The maximum atomic E-state index is 2.43. The number of rotatable bonds is 4. The molecule has 0 amide bonds. The van der Waals surface area contributed by atoms with Crippen LogP contribution in [0, 0.1) is 17.8 Å². The van der Waals surface area contributed by atoms with E-state index in [1.54, 1.807) is 0 Å². The van der Waals surface area contributed by atoms with Crippen LogP contribution in [0.5, 0.6) is 0 Å². The van der Waals surface area contributed by atoms with Crippen LogP contribution >= 0.6 is 0 Å². The van der Waals surface area contributed by atoms with Gasteiger partial charge < -0.3 is 4.90 Å². The number of hydrogen-bond donors (Lipinski definition) is 0. The highest BCUT2D eigenvalue weighted by atomic mass is 15.2. The molecule has 0 saturated heterocycles. The van der Waals surface area contributed by atoms with Gasteiger partial charge in [-0.3, -0.25) is 0 Å². The molecule has 108 valence electrons. The first-order chi connectivity index (χ1) is 8.37. The van der Waals surface area contributed by atoms with E-state index in [9.17, 15) is 0 Å². The summed E-state index contributed by atoms with van der Waals surface area (Å²) in [5.41, 5.74) is 0.578. The maximum absolute atomic E-state index is 2.43. The van der Waals surface area contributed by atoms with Crippen molar-refractivity contribution >= 4 is 0 Å². The van der Waals surface area contributed by atoms with Crippen LogP contribution in [0.4, 0.5) is 0 Å². The first-order valence-electron chi connectivity index (χ1n) is 8.05. The molecule has 0 aromatic carbocycles. The van der Waals surface area contributed by atoms with Gasteiger partial charge in [0, 0.05) is 5.54 Å². The fraction of sp³-hybridized carbons (Fsp3) is 1.00. The van der Waals surface area contributed by atoms with Gasteiger partial charge in [-0.2, -0.15) is 0 Å². The van der Waals surface area contributed by atoms with Crippen LogP contribution in [0.1, 0.15) is 72.6 Å². The molecular formula is C17H35N. The highest BCUT2D eigenvalue weighted by Gasteiger charge is 2.38. The van der Waals surface area contributed by atoms with E-state index in [0.717, 1.165) is 17.8 Å². The van der Waals surface area contributed by atoms with E-state index in [4.69, 9.17) is 0 Å². The van der Waals surface area contributed by atoms with Gasteiger partial charge in [-0.15, -0.1) is 0 Å². The van der Waals surface area contributed by atoms with Gasteiger partial charge in [-0.1, -0.05) is 47.0 Å². The lowest BCUT2D eigenvalue weighted by molar-refractivity contribution is 0.0390. The van der Waals surface area contributed by atoms with Crippen LogP contribution < -0.4 is 0 Å². The molecule has 2 saturated carbocycles. The molecule has 0 spiro atoms. The molecule has 0 atom stereocenters. The first-order valence-corrected chi connectivity index (χ1v) is 8.05. The molecule has 0 radical (unpaired) electrons. The van der Waals surface area contributed by atoms with E-state index >= 15 is 0 Å². The maximum Gasteiger partial charge on any atom is 0.0206 e. The highest BCUT2D eigenvalue weighted by Crippen LogP contribution is 2.40. The van der Waals surface area contributed by atoms with Crippen molar-refractivity contribution in [2.45, 2.75) is 78.2 Å². The quantitative estimate of drug-likeness (QED) is 0.684. The Morgan fingerprint density at radius 3 is 1.61 bits per heavy atom.